The second kappa shape index (κ2) is 12.8. The molecular weight excluding hydrogens is 278 g/mol. The van der Waals surface area contributed by atoms with Crippen LogP contribution in [0.15, 0.2) is 0 Å². The van der Waals surface area contributed by atoms with Crippen LogP contribution in [0.25, 0.3) is 0 Å². The smallest absolute Gasteiger partial charge is 0.0757 e. The molecule has 1 rings (SSSR count). The van der Waals surface area contributed by atoms with E-state index in [9.17, 15) is 5.11 Å². The number of β-amino-alcohol motifs (C(OH)–C–C–N with tert-alkyl or cyclic N) is 1. The molecule has 3 heteroatoms. The minimum Gasteiger partial charge on any atom is -0.391 e. The van der Waals surface area contributed by atoms with Crippen molar-refractivity contribution >= 4 is 11.8 Å². The molecule has 2 atom stereocenters. The van der Waals surface area contributed by atoms with Crippen molar-refractivity contribution in [2.45, 2.75) is 89.4 Å². The van der Waals surface area contributed by atoms with E-state index in [-0.39, 0.29) is 6.10 Å². The lowest BCUT2D eigenvalue weighted by Crippen LogP contribution is -2.37. The first-order valence-electron chi connectivity index (χ1n) is 9.28. The van der Waals surface area contributed by atoms with Gasteiger partial charge < -0.3 is 10.0 Å². The maximum atomic E-state index is 10.2. The first-order chi connectivity index (χ1) is 10.3. The number of nitrogens with zero attached hydrogens (tertiary/aromatic N) is 1. The molecule has 1 heterocycles. The van der Waals surface area contributed by atoms with Crippen LogP contribution in [0.3, 0.4) is 0 Å². The Bertz CT molecular complexity index is 231. The van der Waals surface area contributed by atoms with Crippen LogP contribution in [0.4, 0.5) is 0 Å². The van der Waals surface area contributed by atoms with Crippen LogP contribution in [0.2, 0.25) is 0 Å². The summed E-state index contributed by atoms with van der Waals surface area (Å²) in [4.78, 5) is 2.44. The first kappa shape index (κ1) is 19.3. The van der Waals surface area contributed by atoms with Crippen molar-refractivity contribution in [1.82, 2.24) is 4.90 Å². The lowest BCUT2D eigenvalue weighted by atomic mass is 10.1. The van der Waals surface area contributed by atoms with Crippen molar-refractivity contribution in [3.8, 4) is 0 Å². The van der Waals surface area contributed by atoms with E-state index in [0.717, 1.165) is 17.5 Å². The molecule has 1 aliphatic heterocycles. The summed E-state index contributed by atoms with van der Waals surface area (Å²) in [6.07, 6.45) is 13.3. The van der Waals surface area contributed by atoms with Gasteiger partial charge in [-0.3, -0.25) is 0 Å². The molecule has 2 nitrogen and oxygen atoms in total. The van der Waals surface area contributed by atoms with Crippen molar-refractivity contribution < 1.29 is 5.11 Å². The standard InChI is InChI=1S/C18H37NOS/c1-3-5-6-7-9-12-18(4-2)21-16-17(20)15-19-13-10-8-11-14-19/h17-18,20H,3-16H2,1-2H3. The number of aliphatic hydroxyl groups excluding tert-OH is 1. The summed E-state index contributed by atoms with van der Waals surface area (Å²) < 4.78 is 0. The van der Waals surface area contributed by atoms with Crippen molar-refractivity contribution in [2.75, 3.05) is 25.4 Å². The van der Waals surface area contributed by atoms with Crippen LogP contribution in [-0.4, -0.2) is 46.7 Å². The number of rotatable bonds is 12. The van der Waals surface area contributed by atoms with E-state index in [1.807, 2.05) is 11.8 Å². The number of hydrogen-bond acceptors (Lipinski definition) is 3. The number of piperidine rings is 1. The Labute approximate surface area is 137 Å². The minimum absolute atomic E-state index is 0.137. The zero-order valence-electron chi connectivity index (χ0n) is 14.4. The third-order valence-electron chi connectivity index (χ3n) is 4.53. The monoisotopic (exact) mass is 315 g/mol. The van der Waals surface area contributed by atoms with Gasteiger partial charge in [0, 0.05) is 17.5 Å². The molecule has 0 saturated carbocycles. The lowest BCUT2D eigenvalue weighted by molar-refractivity contribution is 0.117. The molecule has 0 aromatic carbocycles. The number of hydrogen-bond donors (Lipinski definition) is 1. The van der Waals surface area contributed by atoms with Gasteiger partial charge in [0.05, 0.1) is 6.10 Å². The molecule has 0 aromatic rings. The fraction of sp³-hybridized carbons (Fsp3) is 1.00. The summed E-state index contributed by atoms with van der Waals surface area (Å²) in [5.41, 5.74) is 0. The Kier molecular flexibility index (Phi) is 11.8. The Morgan fingerprint density at radius 3 is 2.38 bits per heavy atom. The van der Waals surface area contributed by atoms with Gasteiger partial charge in [-0.25, -0.2) is 0 Å². The molecule has 0 spiro atoms. The van der Waals surface area contributed by atoms with Crippen LogP contribution >= 0.6 is 11.8 Å². The SMILES string of the molecule is CCCCCCCC(CC)SCC(O)CN1CCCCC1. The summed E-state index contributed by atoms with van der Waals surface area (Å²) in [5, 5.41) is 11.0. The normalized spacial score (nSPS) is 19.6. The molecule has 0 aliphatic carbocycles. The molecule has 0 aromatic heterocycles. The minimum atomic E-state index is -0.137. The molecule has 1 aliphatic rings. The van der Waals surface area contributed by atoms with Crippen LogP contribution in [-0.2, 0) is 0 Å². The van der Waals surface area contributed by atoms with Gasteiger partial charge in [0.2, 0.25) is 0 Å². The maximum Gasteiger partial charge on any atom is 0.0757 e. The molecule has 1 saturated heterocycles. The molecular formula is C18H37NOS. The van der Waals surface area contributed by atoms with E-state index in [0.29, 0.717) is 0 Å². The highest BCUT2D eigenvalue weighted by molar-refractivity contribution is 7.99. The average molecular weight is 316 g/mol. The van der Waals surface area contributed by atoms with Gasteiger partial charge in [0.1, 0.15) is 0 Å². The maximum absolute atomic E-state index is 10.2. The molecule has 21 heavy (non-hydrogen) atoms. The van der Waals surface area contributed by atoms with Gasteiger partial charge in [-0.2, -0.15) is 11.8 Å². The molecule has 0 bridgehead atoms. The number of thioether (sulfide) groups is 1. The second-order valence-corrected chi connectivity index (χ2v) is 7.91. The van der Waals surface area contributed by atoms with Gasteiger partial charge >= 0.3 is 0 Å². The summed E-state index contributed by atoms with van der Waals surface area (Å²) >= 11 is 2.01. The third kappa shape index (κ3) is 9.80. The van der Waals surface area contributed by atoms with Gasteiger partial charge in [0.15, 0.2) is 0 Å². The summed E-state index contributed by atoms with van der Waals surface area (Å²) in [6.45, 7) is 7.84. The summed E-state index contributed by atoms with van der Waals surface area (Å²) in [7, 11) is 0. The van der Waals surface area contributed by atoms with Gasteiger partial charge in [0.25, 0.3) is 0 Å². The fourth-order valence-electron chi connectivity index (χ4n) is 3.12. The second-order valence-electron chi connectivity index (χ2n) is 6.58. The van der Waals surface area contributed by atoms with Crippen molar-refractivity contribution in [2.24, 2.45) is 0 Å². The molecule has 0 radical (unpaired) electrons. The Morgan fingerprint density at radius 1 is 1.00 bits per heavy atom. The lowest BCUT2D eigenvalue weighted by Gasteiger charge is -2.28. The van der Waals surface area contributed by atoms with Gasteiger partial charge in [-0.05, 0) is 38.8 Å². The van der Waals surface area contributed by atoms with Crippen LogP contribution in [0.5, 0.6) is 0 Å². The highest BCUT2D eigenvalue weighted by atomic mass is 32.2. The van der Waals surface area contributed by atoms with Crippen LogP contribution < -0.4 is 0 Å². The average Bonchev–Trinajstić information content (AvgIpc) is 2.51. The highest BCUT2D eigenvalue weighted by Gasteiger charge is 2.16. The highest BCUT2D eigenvalue weighted by Crippen LogP contribution is 2.22. The van der Waals surface area contributed by atoms with E-state index >= 15 is 0 Å². The van der Waals surface area contributed by atoms with Crippen molar-refractivity contribution in [3.05, 3.63) is 0 Å². The quantitative estimate of drug-likeness (QED) is 0.528. The summed E-state index contributed by atoms with van der Waals surface area (Å²) in [5.74, 6) is 0.921. The van der Waals surface area contributed by atoms with Gasteiger partial charge in [-0.15, -0.1) is 0 Å². The summed E-state index contributed by atoms with van der Waals surface area (Å²) in [6, 6.07) is 0. The first-order valence-corrected chi connectivity index (χ1v) is 10.3. The third-order valence-corrected chi connectivity index (χ3v) is 6.14. The van der Waals surface area contributed by atoms with E-state index in [1.165, 1.54) is 77.3 Å². The number of aliphatic hydroxyl groups is 1. The Morgan fingerprint density at radius 2 is 1.71 bits per heavy atom. The van der Waals surface area contributed by atoms with E-state index in [1.54, 1.807) is 0 Å². The van der Waals surface area contributed by atoms with E-state index in [2.05, 4.69) is 18.7 Å². The fourth-order valence-corrected chi connectivity index (χ4v) is 4.29. The van der Waals surface area contributed by atoms with Crippen molar-refractivity contribution in [1.29, 1.82) is 0 Å². The predicted octanol–water partition coefficient (Wildman–Crippen LogP) is 4.71. The Balaban J connectivity index is 2.06. The predicted molar refractivity (Wildman–Crippen MR) is 96.2 cm³/mol. The van der Waals surface area contributed by atoms with Crippen LogP contribution in [0.1, 0.15) is 78.1 Å². The van der Waals surface area contributed by atoms with E-state index < -0.39 is 0 Å². The topological polar surface area (TPSA) is 23.5 Å². The Hall–Kier alpha value is 0.270. The molecule has 1 N–H and O–H groups in total. The largest absolute Gasteiger partial charge is 0.391 e. The molecule has 0 amide bonds. The van der Waals surface area contributed by atoms with Crippen LogP contribution in [0, 0.1) is 0 Å². The number of likely N-dealkylation sites (tertiary alicyclic amines) is 1. The zero-order valence-corrected chi connectivity index (χ0v) is 15.2. The number of unbranched alkanes of at least 4 members (excludes halogenated alkanes) is 4. The van der Waals surface area contributed by atoms with Crippen molar-refractivity contribution in [3.63, 3.8) is 0 Å². The molecule has 126 valence electrons. The molecule has 2 unspecified atom stereocenters. The zero-order chi connectivity index (χ0) is 15.3. The molecule has 1 fully saturated rings. The van der Waals surface area contributed by atoms with E-state index in [4.69, 9.17) is 0 Å². The van der Waals surface area contributed by atoms with Gasteiger partial charge in [-0.1, -0.05) is 52.4 Å².